The molecule has 2 aromatic rings. The third kappa shape index (κ3) is 3.14. The second-order valence-corrected chi connectivity index (χ2v) is 5.26. The number of benzene rings is 2. The number of aliphatic hydroxyl groups is 1. The molecule has 0 saturated carbocycles. The molecule has 0 spiro atoms. The number of aliphatic hydroxyl groups excluding tert-OH is 1. The summed E-state index contributed by atoms with van der Waals surface area (Å²) in [6, 6.07) is 10.1. The lowest BCUT2D eigenvalue weighted by Gasteiger charge is -2.15. The van der Waals surface area contributed by atoms with Gasteiger partial charge in [0.25, 0.3) is 0 Å². The maximum atomic E-state index is 13.7. The average molecular weight is 325 g/mol. The predicted molar refractivity (Wildman–Crippen MR) is 76.0 cm³/mol. The van der Waals surface area contributed by atoms with Gasteiger partial charge >= 0.3 is 0 Å². The van der Waals surface area contributed by atoms with E-state index in [0.29, 0.717) is 11.5 Å². The molecule has 100 valence electrons. The van der Waals surface area contributed by atoms with E-state index in [4.69, 9.17) is 4.74 Å². The summed E-state index contributed by atoms with van der Waals surface area (Å²) in [5.41, 5.74) is 1.10. The highest BCUT2D eigenvalue weighted by Crippen LogP contribution is 2.33. The highest BCUT2D eigenvalue weighted by Gasteiger charge is 2.15. The van der Waals surface area contributed by atoms with Gasteiger partial charge in [-0.1, -0.05) is 22.0 Å². The Hall–Kier alpha value is -1.39. The SMILES string of the molecule is Cc1cc(Br)ccc1Oc1cccc(F)c1C(C)O. The third-order valence-corrected chi connectivity index (χ3v) is 3.28. The standard InChI is InChI=1S/C15H14BrFO2/c1-9-8-11(16)6-7-13(9)19-14-5-3-4-12(17)15(14)10(2)18/h3-8,10,18H,1-2H3. The van der Waals surface area contributed by atoms with Crippen molar-refractivity contribution in [1.82, 2.24) is 0 Å². The van der Waals surface area contributed by atoms with Crippen LogP contribution in [0.15, 0.2) is 40.9 Å². The van der Waals surface area contributed by atoms with Crippen LogP contribution in [0.4, 0.5) is 4.39 Å². The highest BCUT2D eigenvalue weighted by atomic mass is 79.9. The van der Waals surface area contributed by atoms with Crippen molar-refractivity contribution in [3.05, 3.63) is 57.8 Å². The van der Waals surface area contributed by atoms with Crippen LogP contribution in [0.3, 0.4) is 0 Å². The minimum absolute atomic E-state index is 0.171. The maximum absolute atomic E-state index is 13.7. The van der Waals surface area contributed by atoms with Crippen molar-refractivity contribution in [3.8, 4) is 11.5 Å². The molecular formula is C15H14BrFO2. The van der Waals surface area contributed by atoms with Gasteiger partial charge in [-0.05, 0) is 49.7 Å². The monoisotopic (exact) mass is 324 g/mol. The molecule has 0 heterocycles. The van der Waals surface area contributed by atoms with E-state index in [-0.39, 0.29) is 5.56 Å². The van der Waals surface area contributed by atoms with Crippen molar-refractivity contribution < 1.29 is 14.2 Å². The molecule has 0 aliphatic rings. The van der Waals surface area contributed by atoms with Crippen LogP contribution in [-0.2, 0) is 0 Å². The molecule has 4 heteroatoms. The van der Waals surface area contributed by atoms with Crippen LogP contribution in [0.2, 0.25) is 0 Å². The summed E-state index contributed by atoms with van der Waals surface area (Å²) >= 11 is 3.38. The van der Waals surface area contributed by atoms with E-state index in [1.54, 1.807) is 18.2 Å². The topological polar surface area (TPSA) is 29.5 Å². The average Bonchev–Trinajstić information content (AvgIpc) is 2.32. The van der Waals surface area contributed by atoms with Gasteiger partial charge in [0, 0.05) is 4.47 Å². The number of halogens is 2. The van der Waals surface area contributed by atoms with Crippen LogP contribution in [-0.4, -0.2) is 5.11 Å². The molecule has 2 aromatic carbocycles. The largest absolute Gasteiger partial charge is 0.457 e. The molecule has 2 nitrogen and oxygen atoms in total. The van der Waals surface area contributed by atoms with Crippen LogP contribution in [0.1, 0.15) is 24.2 Å². The van der Waals surface area contributed by atoms with Crippen LogP contribution < -0.4 is 4.74 Å². The van der Waals surface area contributed by atoms with E-state index in [2.05, 4.69) is 15.9 Å². The highest BCUT2D eigenvalue weighted by molar-refractivity contribution is 9.10. The Balaban J connectivity index is 2.41. The van der Waals surface area contributed by atoms with Gasteiger partial charge in [0.05, 0.1) is 11.7 Å². The smallest absolute Gasteiger partial charge is 0.136 e. The Morgan fingerprint density at radius 2 is 1.95 bits per heavy atom. The molecular weight excluding hydrogens is 311 g/mol. The summed E-state index contributed by atoms with van der Waals surface area (Å²) in [5.74, 6) is 0.499. The van der Waals surface area contributed by atoms with Crippen molar-refractivity contribution in [2.24, 2.45) is 0 Å². The summed E-state index contributed by atoms with van der Waals surface area (Å²) < 4.78 is 20.4. The Bertz CT molecular complexity index is 597. The van der Waals surface area contributed by atoms with Gasteiger partial charge in [-0.3, -0.25) is 0 Å². The first-order valence-electron chi connectivity index (χ1n) is 5.89. The summed E-state index contributed by atoms with van der Waals surface area (Å²) in [6.07, 6.45) is -0.924. The van der Waals surface area contributed by atoms with E-state index in [1.807, 2.05) is 19.1 Å². The molecule has 0 saturated heterocycles. The molecule has 0 aliphatic heterocycles. The van der Waals surface area contributed by atoms with Crippen LogP contribution in [0, 0.1) is 12.7 Å². The van der Waals surface area contributed by atoms with Crippen molar-refractivity contribution in [2.45, 2.75) is 20.0 Å². The fraction of sp³-hybridized carbons (Fsp3) is 0.200. The number of rotatable bonds is 3. The van der Waals surface area contributed by atoms with Gasteiger partial charge in [0.1, 0.15) is 17.3 Å². The lowest BCUT2D eigenvalue weighted by atomic mass is 10.1. The Labute approximate surface area is 120 Å². The normalized spacial score (nSPS) is 12.3. The molecule has 19 heavy (non-hydrogen) atoms. The zero-order chi connectivity index (χ0) is 14.0. The van der Waals surface area contributed by atoms with E-state index < -0.39 is 11.9 Å². The first-order valence-corrected chi connectivity index (χ1v) is 6.69. The molecule has 2 rings (SSSR count). The summed E-state index contributed by atoms with van der Waals surface area (Å²) in [7, 11) is 0. The van der Waals surface area contributed by atoms with Crippen molar-refractivity contribution in [3.63, 3.8) is 0 Å². The fourth-order valence-corrected chi connectivity index (χ4v) is 2.33. The van der Waals surface area contributed by atoms with Crippen molar-refractivity contribution in [2.75, 3.05) is 0 Å². The second-order valence-electron chi connectivity index (χ2n) is 4.34. The zero-order valence-corrected chi connectivity index (χ0v) is 12.2. The molecule has 1 unspecified atom stereocenters. The van der Waals surface area contributed by atoms with Crippen molar-refractivity contribution in [1.29, 1.82) is 0 Å². The minimum atomic E-state index is -0.924. The lowest BCUT2D eigenvalue weighted by Crippen LogP contribution is -2.00. The minimum Gasteiger partial charge on any atom is -0.457 e. The third-order valence-electron chi connectivity index (χ3n) is 2.79. The van der Waals surface area contributed by atoms with Gasteiger partial charge in [0.15, 0.2) is 0 Å². The van der Waals surface area contributed by atoms with Gasteiger partial charge in [0.2, 0.25) is 0 Å². The summed E-state index contributed by atoms with van der Waals surface area (Å²) in [6.45, 7) is 3.42. The molecule has 0 fully saturated rings. The lowest BCUT2D eigenvalue weighted by molar-refractivity contribution is 0.190. The van der Waals surface area contributed by atoms with Crippen LogP contribution in [0.25, 0.3) is 0 Å². The fourth-order valence-electron chi connectivity index (χ4n) is 1.86. The van der Waals surface area contributed by atoms with Gasteiger partial charge in [-0.2, -0.15) is 0 Å². The first-order chi connectivity index (χ1) is 8.99. The summed E-state index contributed by atoms with van der Waals surface area (Å²) in [5, 5.41) is 9.65. The van der Waals surface area contributed by atoms with E-state index in [0.717, 1.165) is 10.0 Å². The summed E-state index contributed by atoms with van der Waals surface area (Å²) in [4.78, 5) is 0. The van der Waals surface area contributed by atoms with Gasteiger partial charge < -0.3 is 9.84 Å². The van der Waals surface area contributed by atoms with Crippen LogP contribution in [0.5, 0.6) is 11.5 Å². The van der Waals surface area contributed by atoms with E-state index in [9.17, 15) is 9.50 Å². The Morgan fingerprint density at radius 1 is 1.21 bits per heavy atom. The molecule has 0 aliphatic carbocycles. The Kier molecular flexibility index (Phi) is 4.22. The molecule has 0 radical (unpaired) electrons. The Morgan fingerprint density at radius 3 is 2.58 bits per heavy atom. The van der Waals surface area contributed by atoms with Crippen molar-refractivity contribution >= 4 is 15.9 Å². The number of ether oxygens (including phenoxy) is 1. The molecule has 0 aromatic heterocycles. The molecule has 1 N–H and O–H groups in total. The first kappa shape index (κ1) is 14.0. The quantitative estimate of drug-likeness (QED) is 0.883. The van der Waals surface area contributed by atoms with E-state index >= 15 is 0 Å². The zero-order valence-electron chi connectivity index (χ0n) is 10.7. The number of hydrogen-bond acceptors (Lipinski definition) is 2. The maximum Gasteiger partial charge on any atom is 0.136 e. The second kappa shape index (κ2) is 5.72. The van der Waals surface area contributed by atoms with Crippen LogP contribution >= 0.6 is 15.9 Å². The number of hydrogen-bond donors (Lipinski definition) is 1. The molecule has 0 bridgehead atoms. The van der Waals surface area contributed by atoms with E-state index in [1.165, 1.54) is 13.0 Å². The number of aryl methyl sites for hydroxylation is 1. The van der Waals surface area contributed by atoms with Gasteiger partial charge in [-0.15, -0.1) is 0 Å². The van der Waals surface area contributed by atoms with Gasteiger partial charge in [-0.25, -0.2) is 4.39 Å². The predicted octanol–water partition coefficient (Wildman–Crippen LogP) is 4.74. The molecule has 0 amide bonds. The molecule has 1 atom stereocenters.